The summed E-state index contributed by atoms with van der Waals surface area (Å²) < 4.78 is 15.4. The zero-order chi connectivity index (χ0) is 28.0. The van der Waals surface area contributed by atoms with E-state index < -0.39 is 111 Å². The Labute approximate surface area is 201 Å². The summed E-state index contributed by atoms with van der Waals surface area (Å²) in [5.41, 5.74) is -2.74. The normalized spacial score (nSPS) is 36.6. The zero-order valence-corrected chi connectivity index (χ0v) is 18.5. The molecule has 2 rings (SSSR count). The van der Waals surface area contributed by atoms with Gasteiger partial charge in [-0.05, 0) is 0 Å². The molecular weight excluding hydrogens is 504 g/mol. The second-order valence-corrected chi connectivity index (χ2v) is 8.04. The molecule has 2 aliphatic heterocycles. The standard InChI is InChI=1S/C12H22O11.C6H8O7/c13-1-4-6(16)8(18)9(19)11(21-4)23-12(3-15)10(20)7(17)5(2-14)22-12;7-3(8)1-6(13,5(11)12)2-4(9)10/h4-11,13-20H,1-3H2;13H,1-2H2,(H,7,8)(H,9,10)(H,11,12)/t4-,5-,6-,7-,8+,9-,10+,11-,12+;/m1./s1. The van der Waals surface area contributed by atoms with E-state index in [1.54, 1.807) is 0 Å². The Bertz CT molecular complexity index is 742. The zero-order valence-electron chi connectivity index (χ0n) is 18.5. The molecule has 0 aromatic rings. The second-order valence-electron chi connectivity index (χ2n) is 8.04. The first kappa shape index (κ1) is 32.0. The first-order valence-corrected chi connectivity index (χ1v) is 10.2. The molecule has 9 atom stereocenters. The lowest BCUT2D eigenvalue weighted by Crippen LogP contribution is -2.62. The Morgan fingerprint density at radius 2 is 1.28 bits per heavy atom. The summed E-state index contributed by atoms with van der Waals surface area (Å²) in [4.78, 5) is 30.5. The maximum atomic E-state index is 10.3. The van der Waals surface area contributed by atoms with Gasteiger partial charge < -0.3 is 75.5 Å². The molecule has 0 bridgehead atoms. The number of ether oxygens (including phenoxy) is 3. The molecule has 2 saturated heterocycles. The molecule has 210 valence electrons. The van der Waals surface area contributed by atoms with Crippen LogP contribution in [-0.2, 0) is 28.6 Å². The van der Waals surface area contributed by atoms with E-state index in [0.29, 0.717) is 0 Å². The second kappa shape index (κ2) is 12.9. The Kier molecular flexibility index (Phi) is 11.5. The summed E-state index contributed by atoms with van der Waals surface area (Å²) >= 11 is 0. The van der Waals surface area contributed by atoms with E-state index in [1.807, 2.05) is 0 Å². The van der Waals surface area contributed by atoms with Gasteiger partial charge >= 0.3 is 17.9 Å². The summed E-state index contributed by atoms with van der Waals surface area (Å²) in [6.07, 6.45) is -14.9. The average Bonchev–Trinajstić information content (AvgIpc) is 3.03. The van der Waals surface area contributed by atoms with Crippen LogP contribution in [0.4, 0.5) is 0 Å². The number of rotatable bonds is 10. The summed E-state index contributed by atoms with van der Waals surface area (Å²) in [6.45, 7) is -2.32. The number of carboxylic acid groups (broad SMARTS) is 3. The molecule has 18 heteroatoms. The summed E-state index contributed by atoms with van der Waals surface area (Å²) in [5, 5.41) is 110. The highest BCUT2D eigenvalue weighted by Crippen LogP contribution is 2.35. The van der Waals surface area contributed by atoms with Crippen molar-refractivity contribution in [3.63, 3.8) is 0 Å². The Balaban J connectivity index is 0.000000426. The molecule has 0 amide bonds. The van der Waals surface area contributed by atoms with Crippen LogP contribution in [0, 0.1) is 0 Å². The van der Waals surface area contributed by atoms with Gasteiger partial charge in [-0.1, -0.05) is 0 Å². The van der Waals surface area contributed by atoms with Crippen LogP contribution in [-0.4, -0.2) is 159 Å². The number of hydrogen-bond acceptors (Lipinski definition) is 15. The molecule has 0 spiro atoms. The number of aliphatic hydroxyl groups excluding tert-OH is 8. The Morgan fingerprint density at radius 3 is 1.64 bits per heavy atom. The van der Waals surface area contributed by atoms with E-state index in [1.165, 1.54) is 0 Å². The van der Waals surface area contributed by atoms with Crippen molar-refractivity contribution in [3.8, 4) is 0 Å². The van der Waals surface area contributed by atoms with Crippen LogP contribution in [0.5, 0.6) is 0 Å². The molecule has 0 aliphatic carbocycles. The fourth-order valence-corrected chi connectivity index (χ4v) is 3.35. The van der Waals surface area contributed by atoms with Crippen molar-refractivity contribution in [2.24, 2.45) is 0 Å². The SMILES string of the molecule is O=C(O)CC(O)(CC(=O)O)C(=O)O.OC[C@H]1O[C@@](CO)(O[C@H]2O[C@H](CO)[C@@H](O)[C@H](O)[C@H]2O)[C@@H](O)[C@@H]1O. The molecule has 18 nitrogen and oxygen atoms in total. The monoisotopic (exact) mass is 534 g/mol. The third-order valence-corrected chi connectivity index (χ3v) is 5.36. The Morgan fingerprint density at radius 1 is 0.778 bits per heavy atom. The molecule has 2 fully saturated rings. The first-order chi connectivity index (χ1) is 16.6. The van der Waals surface area contributed by atoms with E-state index in [-0.39, 0.29) is 0 Å². The fraction of sp³-hybridized carbons (Fsp3) is 0.833. The van der Waals surface area contributed by atoms with Crippen molar-refractivity contribution in [2.75, 3.05) is 19.8 Å². The molecule has 2 aliphatic rings. The largest absolute Gasteiger partial charge is 0.481 e. The number of aliphatic carboxylic acids is 3. The van der Waals surface area contributed by atoms with E-state index >= 15 is 0 Å². The van der Waals surface area contributed by atoms with Crippen LogP contribution in [0.3, 0.4) is 0 Å². The summed E-state index contributed by atoms with van der Waals surface area (Å²) in [7, 11) is 0. The van der Waals surface area contributed by atoms with Crippen LogP contribution < -0.4 is 0 Å². The van der Waals surface area contributed by atoms with E-state index in [0.717, 1.165) is 0 Å². The minimum absolute atomic E-state index is 0.669. The highest BCUT2D eigenvalue weighted by molar-refractivity contribution is 5.88. The number of carbonyl (C=O) groups is 3. The van der Waals surface area contributed by atoms with Crippen LogP contribution >= 0.6 is 0 Å². The molecule has 0 aromatic heterocycles. The first-order valence-electron chi connectivity index (χ1n) is 10.2. The van der Waals surface area contributed by atoms with Crippen LogP contribution in [0.2, 0.25) is 0 Å². The molecule has 0 saturated carbocycles. The Hall–Kier alpha value is -2.07. The molecule has 0 unspecified atom stereocenters. The van der Waals surface area contributed by atoms with Gasteiger partial charge in [0.1, 0.15) is 49.3 Å². The maximum Gasteiger partial charge on any atom is 0.336 e. The molecule has 0 aromatic carbocycles. The van der Waals surface area contributed by atoms with Crippen molar-refractivity contribution in [1.82, 2.24) is 0 Å². The lowest BCUT2D eigenvalue weighted by atomic mass is 9.96. The number of hydrogen-bond donors (Lipinski definition) is 12. The highest BCUT2D eigenvalue weighted by atomic mass is 16.8. The van der Waals surface area contributed by atoms with Gasteiger partial charge in [0.15, 0.2) is 11.9 Å². The molecule has 36 heavy (non-hydrogen) atoms. The van der Waals surface area contributed by atoms with Crippen LogP contribution in [0.25, 0.3) is 0 Å². The van der Waals surface area contributed by atoms with E-state index in [4.69, 9.17) is 44.8 Å². The van der Waals surface area contributed by atoms with Gasteiger partial charge in [-0.3, -0.25) is 9.59 Å². The van der Waals surface area contributed by atoms with Crippen molar-refractivity contribution >= 4 is 17.9 Å². The van der Waals surface area contributed by atoms with Crippen molar-refractivity contribution < 1.29 is 89.9 Å². The van der Waals surface area contributed by atoms with Gasteiger partial charge in [-0.2, -0.15) is 0 Å². The number of carboxylic acids is 3. The molecule has 0 radical (unpaired) electrons. The third-order valence-electron chi connectivity index (χ3n) is 5.36. The van der Waals surface area contributed by atoms with Gasteiger partial charge in [0, 0.05) is 0 Å². The summed E-state index contributed by atoms with van der Waals surface area (Å²) in [5.74, 6) is -7.24. The minimum Gasteiger partial charge on any atom is -0.481 e. The quantitative estimate of drug-likeness (QED) is 0.124. The van der Waals surface area contributed by atoms with Crippen molar-refractivity contribution in [3.05, 3.63) is 0 Å². The maximum absolute atomic E-state index is 10.3. The number of aliphatic hydroxyl groups is 9. The predicted molar refractivity (Wildman–Crippen MR) is 106 cm³/mol. The highest BCUT2D eigenvalue weighted by Gasteiger charge is 2.58. The van der Waals surface area contributed by atoms with Crippen molar-refractivity contribution in [2.45, 2.75) is 73.2 Å². The van der Waals surface area contributed by atoms with Gasteiger partial charge in [0.25, 0.3) is 0 Å². The smallest absolute Gasteiger partial charge is 0.336 e. The molecule has 12 N–H and O–H groups in total. The fourth-order valence-electron chi connectivity index (χ4n) is 3.35. The average molecular weight is 534 g/mol. The van der Waals surface area contributed by atoms with Gasteiger partial charge in [0.05, 0.1) is 26.1 Å². The van der Waals surface area contributed by atoms with Crippen molar-refractivity contribution in [1.29, 1.82) is 0 Å². The van der Waals surface area contributed by atoms with Gasteiger partial charge in [-0.15, -0.1) is 0 Å². The van der Waals surface area contributed by atoms with Gasteiger partial charge in [0.2, 0.25) is 5.79 Å². The lowest BCUT2D eigenvalue weighted by Gasteiger charge is -2.43. The van der Waals surface area contributed by atoms with Gasteiger partial charge in [-0.25, -0.2) is 4.79 Å². The van der Waals surface area contributed by atoms with E-state index in [9.17, 15) is 45.0 Å². The van der Waals surface area contributed by atoms with Crippen LogP contribution in [0.15, 0.2) is 0 Å². The minimum atomic E-state index is -2.74. The van der Waals surface area contributed by atoms with E-state index in [2.05, 4.69) is 0 Å². The predicted octanol–water partition coefficient (Wildman–Crippen LogP) is -6.64. The topological polar surface area (TPSA) is 322 Å². The summed E-state index contributed by atoms with van der Waals surface area (Å²) in [6, 6.07) is 0. The lowest BCUT2D eigenvalue weighted by molar-refractivity contribution is -0.383. The third kappa shape index (κ3) is 7.25. The molecule has 2 heterocycles. The molecular formula is C18H30O18. The van der Waals surface area contributed by atoms with Crippen LogP contribution in [0.1, 0.15) is 12.8 Å².